The summed E-state index contributed by atoms with van der Waals surface area (Å²) in [5, 5.41) is 23.4. The van der Waals surface area contributed by atoms with Crippen LogP contribution in [0.5, 0.6) is 17.6 Å². The van der Waals surface area contributed by atoms with Gasteiger partial charge in [0.2, 0.25) is 5.88 Å². The molecular weight excluding hydrogens is 407 g/mol. The van der Waals surface area contributed by atoms with E-state index in [2.05, 4.69) is 30.0 Å². The van der Waals surface area contributed by atoms with Gasteiger partial charge in [0.25, 0.3) is 5.62 Å². The number of fused-ring (bicyclic) bond motifs is 1. The molecule has 3 N–H and O–H groups in total. The van der Waals surface area contributed by atoms with Crippen molar-refractivity contribution < 1.29 is 14.2 Å². The Hall–Kier alpha value is -4.53. The molecule has 0 radical (unpaired) electrons. The molecule has 3 aromatic heterocycles. The number of aromatic nitrogens is 6. The number of imidazole rings is 1. The highest BCUT2D eigenvalue weighted by molar-refractivity contribution is 5.56. The molecule has 11 nitrogen and oxygen atoms in total. The first kappa shape index (κ1) is 18.5. The molecule has 0 saturated heterocycles. The van der Waals surface area contributed by atoms with Crippen LogP contribution in [0.2, 0.25) is 0 Å². The summed E-state index contributed by atoms with van der Waals surface area (Å²) in [7, 11) is 0. The fourth-order valence-electron chi connectivity index (χ4n) is 2.86. The van der Waals surface area contributed by atoms with Crippen LogP contribution in [0, 0.1) is 17.1 Å². The van der Waals surface area contributed by atoms with E-state index in [1.54, 1.807) is 6.07 Å². The number of hydrogen-bond donors (Lipinski definition) is 3. The molecule has 31 heavy (non-hydrogen) atoms. The topological polar surface area (TPSA) is 157 Å². The average Bonchev–Trinajstić information content (AvgIpc) is 3.37. The normalized spacial score (nSPS) is 14.8. The molecular formula is C19H13FN8O3. The van der Waals surface area contributed by atoms with Gasteiger partial charge in [0, 0.05) is 11.3 Å². The summed E-state index contributed by atoms with van der Waals surface area (Å²) < 4.78 is 21.0. The molecule has 1 aliphatic carbocycles. The van der Waals surface area contributed by atoms with Crippen LogP contribution < -0.4 is 21.3 Å². The third-order valence-corrected chi connectivity index (χ3v) is 4.51. The maximum absolute atomic E-state index is 13.9. The fraction of sp³-hybridized carbons (Fsp3) is 0.158. The molecule has 0 amide bonds. The highest BCUT2D eigenvalue weighted by Gasteiger charge is 2.21. The third kappa shape index (κ3) is 3.60. The van der Waals surface area contributed by atoms with Crippen molar-refractivity contribution in [2.24, 2.45) is 4.99 Å². The van der Waals surface area contributed by atoms with Gasteiger partial charge in [-0.25, -0.2) is 14.2 Å². The first-order chi connectivity index (χ1) is 15.0. The Morgan fingerprint density at radius 2 is 2.19 bits per heavy atom. The lowest BCUT2D eigenvalue weighted by Gasteiger charge is -2.05. The van der Waals surface area contributed by atoms with Crippen molar-refractivity contribution in [3.63, 3.8) is 0 Å². The number of H-pyrrole nitrogens is 2. The molecule has 0 aliphatic heterocycles. The van der Waals surface area contributed by atoms with E-state index in [-0.39, 0.29) is 40.6 Å². The number of benzene rings is 1. The van der Waals surface area contributed by atoms with E-state index in [0.29, 0.717) is 10.9 Å². The molecule has 0 bridgehead atoms. The van der Waals surface area contributed by atoms with Crippen LogP contribution in [0.4, 0.5) is 4.39 Å². The van der Waals surface area contributed by atoms with E-state index in [0.717, 1.165) is 18.9 Å². The van der Waals surface area contributed by atoms with Gasteiger partial charge >= 0.3 is 11.7 Å². The van der Waals surface area contributed by atoms with Crippen LogP contribution in [0.15, 0.2) is 34.2 Å². The summed E-state index contributed by atoms with van der Waals surface area (Å²) in [6.45, 7) is 0. The smallest absolute Gasteiger partial charge is 0.327 e. The lowest BCUT2D eigenvalue weighted by Crippen LogP contribution is -2.23. The van der Waals surface area contributed by atoms with Crippen molar-refractivity contribution in [1.29, 1.82) is 5.26 Å². The van der Waals surface area contributed by atoms with Crippen molar-refractivity contribution >= 4 is 11.7 Å². The SMILES string of the molecule is N#Cc1ccc(Oc2nc(=NC3CC3)n3nc/c(=C/c4[nH]c(=O)[nH]c4O)c3n2)cc1F. The number of nitrogens with one attached hydrogen (secondary N) is 2. The Bertz CT molecular complexity index is 1540. The van der Waals surface area contributed by atoms with Crippen LogP contribution in [-0.2, 0) is 0 Å². The van der Waals surface area contributed by atoms with Gasteiger partial charge in [0.15, 0.2) is 5.65 Å². The largest absolute Gasteiger partial charge is 0.493 e. The number of halogens is 1. The lowest BCUT2D eigenvalue weighted by atomic mass is 10.2. The van der Waals surface area contributed by atoms with Gasteiger partial charge in [-0.3, -0.25) is 4.98 Å². The molecule has 1 aliphatic rings. The Morgan fingerprint density at radius 3 is 2.87 bits per heavy atom. The van der Waals surface area contributed by atoms with Crippen LogP contribution in [0.3, 0.4) is 0 Å². The maximum atomic E-state index is 13.9. The average molecular weight is 420 g/mol. The first-order valence-electron chi connectivity index (χ1n) is 9.20. The lowest BCUT2D eigenvalue weighted by molar-refractivity contribution is 0.432. The molecule has 154 valence electrons. The molecule has 1 fully saturated rings. The Labute approximate surface area is 171 Å². The van der Waals surface area contributed by atoms with E-state index in [1.165, 1.54) is 28.9 Å². The molecule has 3 heterocycles. The monoisotopic (exact) mass is 420 g/mol. The standard InChI is InChI=1S/C19H13FN8O3/c20-13-6-12(4-1-9(13)7-21)31-19-25-15-10(5-14-16(29)26-18(30)24-14)8-22-28(15)17(27-19)23-11-2-3-11/h1,4-6,8,11,29H,2-3H2,(H2,24,26,30)/b10-5-,23-17?. The Morgan fingerprint density at radius 1 is 1.35 bits per heavy atom. The number of hydrogen-bond acceptors (Lipinski definition) is 8. The maximum Gasteiger partial charge on any atom is 0.327 e. The zero-order valence-corrected chi connectivity index (χ0v) is 15.7. The van der Waals surface area contributed by atoms with Gasteiger partial charge in [-0.1, -0.05) is 0 Å². The van der Waals surface area contributed by atoms with E-state index >= 15 is 0 Å². The fourth-order valence-corrected chi connectivity index (χ4v) is 2.86. The third-order valence-electron chi connectivity index (χ3n) is 4.51. The van der Waals surface area contributed by atoms with E-state index in [1.807, 2.05) is 0 Å². The minimum atomic E-state index is -0.728. The summed E-state index contributed by atoms with van der Waals surface area (Å²) in [4.78, 5) is 29.2. The van der Waals surface area contributed by atoms with Crippen molar-refractivity contribution in [3.05, 3.63) is 62.8 Å². The second-order valence-electron chi connectivity index (χ2n) is 6.84. The number of rotatable bonds is 4. The number of aromatic amines is 2. The van der Waals surface area contributed by atoms with Gasteiger partial charge in [0.1, 0.15) is 23.3 Å². The van der Waals surface area contributed by atoms with Gasteiger partial charge in [0.05, 0.1) is 17.8 Å². The highest BCUT2D eigenvalue weighted by atomic mass is 19.1. The van der Waals surface area contributed by atoms with Crippen molar-refractivity contribution in [1.82, 2.24) is 29.5 Å². The van der Waals surface area contributed by atoms with Crippen LogP contribution in [0.25, 0.3) is 11.7 Å². The van der Waals surface area contributed by atoms with Crippen LogP contribution in [0.1, 0.15) is 24.1 Å². The summed E-state index contributed by atoms with van der Waals surface area (Å²) in [5.74, 6) is -0.948. The second kappa shape index (κ2) is 7.06. The van der Waals surface area contributed by atoms with E-state index in [4.69, 9.17) is 10.00 Å². The molecule has 5 rings (SSSR count). The molecule has 1 aromatic carbocycles. The van der Waals surface area contributed by atoms with Gasteiger partial charge in [-0.05, 0) is 31.1 Å². The predicted molar refractivity (Wildman–Crippen MR) is 102 cm³/mol. The number of nitriles is 1. The van der Waals surface area contributed by atoms with Crippen LogP contribution >= 0.6 is 0 Å². The number of aromatic hydroxyl groups is 1. The molecule has 4 aromatic rings. The minimum Gasteiger partial charge on any atom is -0.493 e. The summed E-state index contributed by atoms with van der Waals surface area (Å²) >= 11 is 0. The highest BCUT2D eigenvalue weighted by Crippen LogP contribution is 2.23. The number of nitrogens with zero attached hydrogens (tertiary/aromatic N) is 6. The zero-order chi connectivity index (χ0) is 21.5. The molecule has 0 spiro atoms. The van der Waals surface area contributed by atoms with Crippen molar-refractivity contribution in [2.75, 3.05) is 0 Å². The summed E-state index contributed by atoms with van der Waals surface area (Å²) in [5.41, 5.74) is 0.0334. The quantitative estimate of drug-likeness (QED) is 0.427. The molecule has 1 saturated carbocycles. The first-order valence-corrected chi connectivity index (χ1v) is 9.20. The van der Waals surface area contributed by atoms with Crippen molar-refractivity contribution in [2.45, 2.75) is 18.9 Å². The van der Waals surface area contributed by atoms with Gasteiger partial charge in [-0.2, -0.15) is 24.8 Å². The van der Waals surface area contributed by atoms with Gasteiger partial charge < -0.3 is 14.8 Å². The molecule has 0 atom stereocenters. The number of ether oxygens (including phenoxy) is 1. The predicted octanol–water partition coefficient (Wildman–Crippen LogP) is 0.260. The van der Waals surface area contributed by atoms with E-state index < -0.39 is 11.5 Å². The van der Waals surface area contributed by atoms with E-state index in [9.17, 15) is 14.3 Å². The van der Waals surface area contributed by atoms with Gasteiger partial charge in [-0.15, -0.1) is 0 Å². The zero-order valence-electron chi connectivity index (χ0n) is 15.7. The summed E-state index contributed by atoms with van der Waals surface area (Å²) in [6, 6.07) is 5.55. The Balaban J connectivity index is 1.65. The minimum absolute atomic E-state index is 0.0991. The summed E-state index contributed by atoms with van der Waals surface area (Å²) in [6.07, 6.45) is 4.82. The Kier molecular flexibility index (Phi) is 4.21. The van der Waals surface area contributed by atoms with Crippen molar-refractivity contribution in [3.8, 4) is 23.7 Å². The van der Waals surface area contributed by atoms with Crippen LogP contribution in [-0.4, -0.2) is 40.7 Å². The molecule has 0 unspecified atom stereocenters. The molecule has 12 heteroatoms. The second-order valence-corrected chi connectivity index (χ2v) is 6.84.